The zero-order valence-electron chi connectivity index (χ0n) is 15.8. The highest BCUT2D eigenvalue weighted by Gasteiger charge is 2.03. The van der Waals surface area contributed by atoms with Crippen LogP contribution in [0.5, 0.6) is 5.75 Å². The Kier molecular flexibility index (Phi) is 6.91. The zero-order chi connectivity index (χ0) is 19.8. The quantitative estimate of drug-likeness (QED) is 0.539. The van der Waals surface area contributed by atoms with Crippen LogP contribution in [0.1, 0.15) is 29.5 Å². The fourth-order valence-corrected chi connectivity index (χ4v) is 3.09. The summed E-state index contributed by atoms with van der Waals surface area (Å²) in [5.74, 6) is 0.0735. The number of carboxylic acid groups (broad SMARTS) is 1. The Morgan fingerprint density at radius 1 is 0.857 bits per heavy atom. The molecule has 0 aliphatic rings. The van der Waals surface area contributed by atoms with Crippen LogP contribution in [-0.2, 0) is 24.1 Å². The molecular weight excluding hydrogens is 347 g/mol. The minimum atomic E-state index is -0.747. The van der Waals surface area contributed by atoms with Gasteiger partial charge in [0.2, 0.25) is 0 Å². The molecule has 0 unspecified atom stereocenters. The number of aliphatic carboxylic acids is 1. The number of hydrogen-bond donors (Lipinski definition) is 1. The molecule has 28 heavy (non-hydrogen) atoms. The van der Waals surface area contributed by atoms with E-state index in [4.69, 9.17) is 17.7 Å². The average molecular weight is 370 g/mol. The molecule has 0 saturated carbocycles. The van der Waals surface area contributed by atoms with Crippen LogP contribution >= 0.6 is 0 Å². The molecule has 0 aliphatic heterocycles. The van der Waals surface area contributed by atoms with Gasteiger partial charge in [-0.25, -0.2) is 0 Å². The van der Waals surface area contributed by atoms with E-state index in [2.05, 4.69) is 36.4 Å². The summed E-state index contributed by atoms with van der Waals surface area (Å²) in [6.07, 6.45) is 2.16. The predicted molar refractivity (Wildman–Crippen MR) is 113 cm³/mol. The maximum atomic E-state index is 10.6. The van der Waals surface area contributed by atoms with Gasteiger partial charge in [-0.2, -0.15) is 0 Å². The SMILES string of the molecule is [B]Cc1cccc(COc2cccc(-c3ccc(CCCC(=O)O)cc3)c2)c1. The van der Waals surface area contributed by atoms with Crippen molar-refractivity contribution in [1.82, 2.24) is 0 Å². The van der Waals surface area contributed by atoms with E-state index in [1.807, 2.05) is 36.4 Å². The minimum absolute atomic E-state index is 0.204. The van der Waals surface area contributed by atoms with Gasteiger partial charge >= 0.3 is 5.97 Å². The van der Waals surface area contributed by atoms with Crippen molar-refractivity contribution in [2.75, 3.05) is 0 Å². The smallest absolute Gasteiger partial charge is 0.303 e. The van der Waals surface area contributed by atoms with Crippen LogP contribution < -0.4 is 4.74 Å². The summed E-state index contributed by atoms with van der Waals surface area (Å²) in [4.78, 5) is 10.6. The van der Waals surface area contributed by atoms with Gasteiger partial charge in [-0.1, -0.05) is 72.5 Å². The first kappa shape index (κ1) is 19.7. The normalized spacial score (nSPS) is 10.6. The van der Waals surface area contributed by atoms with Gasteiger partial charge in [-0.05, 0) is 47.2 Å². The van der Waals surface area contributed by atoms with Gasteiger partial charge in [0.1, 0.15) is 12.4 Å². The van der Waals surface area contributed by atoms with Gasteiger partial charge in [0, 0.05) is 6.42 Å². The zero-order valence-corrected chi connectivity index (χ0v) is 15.8. The summed E-state index contributed by atoms with van der Waals surface area (Å²) < 4.78 is 5.96. The lowest BCUT2D eigenvalue weighted by molar-refractivity contribution is -0.137. The molecule has 4 heteroatoms. The number of rotatable bonds is 9. The highest BCUT2D eigenvalue weighted by Crippen LogP contribution is 2.25. The Labute approximate surface area is 167 Å². The van der Waals surface area contributed by atoms with E-state index in [1.54, 1.807) is 0 Å². The molecule has 3 aromatic carbocycles. The van der Waals surface area contributed by atoms with Crippen molar-refractivity contribution < 1.29 is 14.6 Å². The van der Waals surface area contributed by atoms with E-state index < -0.39 is 5.97 Å². The topological polar surface area (TPSA) is 46.5 Å². The Hall–Kier alpha value is -3.01. The molecule has 0 atom stereocenters. The van der Waals surface area contributed by atoms with E-state index in [1.165, 1.54) is 0 Å². The predicted octanol–water partition coefficient (Wildman–Crippen LogP) is 5.01. The van der Waals surface area contributed by atoms with Gasteiger partial charge in [0.15, 0.2) is 0 Å². The van der Waals surface area contributed by atoms with Crippen molar-refractivity contribution in [2.45, 2.75) is 32.2 Å². The second kappa shape index (κ2) is 9.79. The molecule has 3 nitrogen and oxygen atoms in total. The number of hydrogen-bond acceptors (Lipinski definition) is 2. The monoisotopic (exact) mass is 370 g/mol. The molecule has 0 bridgehead atoms. The highest BCUT2D eigenvalue weighted by atomic mass is 16.5. The molecule has 3 rings (SSSR count). The molecule has 0 aliphatic carbocycles. The summed E-state index contributed by atoms with van der Waals surface area (Å²) in [6.45, 7) is 0.500. The number of carboxylic acids is 1. The average Bonchev–Trinajstić information content (AvgIpc) is 2.73. The van der Waals surface area contributed by atoms with Crippen molar-refractivity contribution >= 4 is 13.8 Å². The van der Waals surface area contributed by atoms with Crippen LogP contribution in [0.25, 0.3) is 11.1 Å². The van der Waals surface area contributed by atoms with E-state index in [0.717, 1.165) is 40.0 Å². The van der Waals surface area contributed by atoms with Crippen molar-refractivity contribution in [2.24, 2.45) is 0 Å². The third-order valence-corrected chi connectivity index (χ3v) is 4.61. The Morgan fingerprint density at radius 3 is 2.36 bits per heavy atom. The van der Waals surface area contributed by atoms with E-state index in [0.29, 0.717) is 19.3 Å². The third kappa shape index (κ3) is 5.75. The first-order valence-electron chi connectivity index (χ1n) is 9.46. The van der Waals surface area contributed by atoms with Crippen molar-refractivity contribution in [3.05, 3.63) is 89.5 Å². The number of carbonyl (C=O) groups is 1. The molecule has 2 radical (unpaired) electrons. The van der Waals surface area contributed by atoms with Crippen LogP contribution in [0.15, 0.2) is 72.8 Å². The lowest BCUT2D eigenvalue weighted by atomic mass is 9.96. The molecule has 0 fully saturated rings. The van der Waals surface area contributed by atoms with Crippen LogP contribution in [0, 0.1) is 0 Å². The van der Waals surface area contributed by atoms with Gasteiger partial charge in [0.25, 0.3) is 0 Å². The molecule has 0 heterocycles. The molecule has 3 aromatic rings. The maximum absolute atomic E-state index is 10.6. The molecular formula is C24H23BO3. The fourth-order valence-electron chi connectivity index (χ4n) is 3.09. The summed E-state index contributed by atoms with van der Waals surface area (Å²) in [6, 6.07) is 24.4. The Bertz CT molecular complexity index is 919. The van der Waals surface area contributed by atoms with E-state index in [-0.39, 0.29) is 6.42 Å². The highest BCUT2D eigenvalue weighted by molar-refractivity contribution is 6.08. The van der Waals surface area contributed by atoms with Gasteiger partial charge in [0.05, 0.1) is 7.85 Å². The first-order valence-corrected chi connectivity index (χ1v) is 9.46. The van der Waals surface area contributed by atoms with Crippen molar-refractivity contribution in [1.29, 1.82) is 0 Å². The summed E-state index contributed by atoms with van der Waals surface area (Å²) in [5.41, 5.74) is 5.54. The van der Waals surface area contributed by atoms with Crippen molar-refractivity contribution in [3.8, 4) is 16.9 Å². The molecule has 0 amide bonds. The number of aryl methyl sites for hydroxylation is 1. The Balaban J connectivity index is 1.63. The lowest BCUT2D eigenvalue weighted by Gasteiger charge is -2.10. The standard InChI is InChI=1S/C24H23BO3/c25-16-19-5-1-6-20(14-19)17-28-23-8-3-7-22(15-23)21-12-10-18(11-13-21)4-2-9-24(26)27/h1,3,5-8,10-15H,2,4,9,16-17H2,(H,26,27). The summed E-state index contributed by atoms with van der Waals surface area (Å²) >= 11 is 0. The fraction of sp³-hybridized carbons (Fsp3) is 0.208. The lowest BCUT2D eigenvalue weighted by Crippen LogP contribution is -1.97. The second-order valence-corrected chi connectivity index (χ2v) is 6.78. The van der Waals surface area contributed by atoms with Gasteiger partial charge in [-0.15, -0.1) is 0 Å². The minimum Gasteiger partial charge on any atom is -0.489 e. The second-order valence-electron chi connectivity index (χ2n) is 6.78. The number of ether oxygens (including phenoxy) is 1. The number of benzene rings is 3. The first-order chi connectivity index (χ1) is 13.6. The van der Waals surface area contributed by atoms with Gasteiger partial charge in [-0.3, -0.25) is 4.79 Å². The van der Waals surface area contributed by atoms with Crippen LogP contribution in [0.4, 0.5) is 0 Å². The molecule has 0 saturated heterocycles. The van der Waals surface area contributed by atoms with Crippen LogP contribution in [0.2, 0.25) is 0 Å². The van der Waals surface area contributed by atoms with E-state index in [9.17, 15) is 4.79 Å². The molecule has 0 aromatic heterocycles. The largest absolute Gasteiger partial charge is 0.489 e. The summed E-state index contributed by atoms with van der Waals surface area (Å²) in [7, 11) is 5.69. The van der Waals surface area contributed by atoms with E-state index >= 15 is 0 Å². The van der Waals surface area contributed by atoms with Gasteiger partial charge < -0.3 is 9.84 Å². The maximum Gasteiger partial charge on any atom is 0.303 e. The molecule has 0 spiro atoms. The van der Waals surface area contributed by atoms with Crippen LogP contribution in [-0.4, -0.2) is 18.9 Å². The van der Waals surface area contributed by atoms with Crippen molar-refractivity contribution in [3.63, 3.8) is 0 Å². The molecule has 140 valence electrons. The van der Waals surface area contributed by atoms with Crippen LogP contribution in [0.3, 0.4) is 0 Å². The Morgan fingerprint density at radius 2 is 1.61 bits per heavy atom. The summed E-state index contributed by atoms with van der Waals surface area (Å²) in [5, 5.41) is 8.74. The third-order valence-electron chi connectivity index (χ3n) is 4.61. The molecule has 1 N–H and O–H groups in total.